The summed E-state index contributed by atoms with van der Waals surface area (Å²) in [7, 11) is 1.54. The molecule has 1 amide bonds. The Balaban J connectivity index is 2.97. The maximum atomic E-state index is 11.7. The van der Waals surface area contributed by atoms with E-state index in [9.17, 15) is 4.79 Å². The summed E-state index contributed by atoms with van der Waals surface area (Å²) in [4.78, 5) is 17.0. The highest BCUT2D eigenvalue weighted by Gasteiger charge is 2.15. The maximum absolute atomic E-state index is 11.7. The van der Waals surface area contributed by atoms with E-state index in [0.29, 0.717) is 10.6 Å². The van der Waals surface area contributed by atoms with Gasteiger partial charge < -0.3 is 4.90 Å². The third-order valence-corrected chi connectivity index (χ3v) is 2.19. The number of aromatic nitrogens is 1. The number of carbonyl (C=O) groups excluding carboxylic acids is 1. The van der Waals surface area contributed by atoms with Crippen molar-refractivity contribution in [2.24, 2.45) is 0 Å². The highest BCUT2D eigenvalue weighted by molar-refractivity contribution is 6.33. The molecule has 0 radical (unpaired) electrons. The summed E-state index contributed by atoms with van der Waals surface area (Å²) < 4.78 is 0. The predicted octanol–water partition coefficient (Wildman–Crippen LogP) is 1.64. The molecule has 0 bridgehead atoms. The van der Waals surface area contributed by atoms with Crippen molar-refractivity contribution in [2.75, 3.05) is 13.6 Å². The zero-order chi connectivity index (χ0) is 11.4. The fraction of sp³-hybridized carbons (Fsp3) is 0.300. The summed E-state index contributed by atoms with van der Waals surface area (Å²) in [6.45, 7) is 1.82. The fourth-order valence-electron chi connectivity index (χ4n) is 1.07. The van der Waals surface area contributed by atoms with Crippen LogP contribution in [0.2, 0.25) is 5.02 Å². The third-order valence-electron chi connectivity index (χ3n) is 1.88. The summed E-state index contributed by atoms with van der Waals surface area (Å²) in [6, 6.07) is 3.51. The topological polar surface area (TPSA) is 57.0 Å². The van der Waals surface area contributed by atoms with Crippen LogP contribution in [-0.2, 0) is 0 Å². The quantitative estimate of drug-likeness (QED) is 0.717. The molecule has 0 atom stereocenters. The van der Waals surface area contributed by atoms with E-state index in [1.807, 2.05) is 6.07 Å². The lowest BCUT2D eigenvalue weighted by atomic mass is 10.2. The van der Waals surface area contributed by atoms with Crippen LogP contribution in [0.1, 0.15) is 16.1 Å². The molecule has 78 valence electrons. The first-order valence-electron chi connectivity index (χ1n) is 4.31. The molecule has 0 aliphatic rings. The highest BCUT2D eigenvalue weighted by Crippen LogP contribution is 2.16. The summed E-state index contributed by atoms with van der Waals surface area (Å²) in [5, 5.41) is 8.81. The Hall–Kier alpha value is -1.60. The molecule has 0 N–H and O–H groups in total. The van der Waals surface area contributed by atoms with Gasteiger partial charge in [0.05, 0.1) is 16.7 Å². The number of rotatable bonds is 2. The van der Waals surface area contributed by atoms with Crippen molar-refractivity contribution in [1.29, 1.82) is 5.26 Å². The number of amides is 1. The summed E-state index contributed by atoms with van der Waals surface area (Å²) >= 11 is 5.90. The van der Waals surface area contributed by atoms with E-state index in [0.717, 1.165) is 5.69 Å². The Kier molecular flexibility index (Phi) is 3.64. The van der Waals surface area contributed by atoms with Crippen LogP contribution >= 0.6 is 11.6 Å². The van der Waals surface area contributed by atoms with Gasteiger partial charge in [0.25, 0.3) is 5.91 Å². The maximum Gasteiger partial charge on any atom is 0.257 e. The standard InChI is InChI=1S/C10H10ClN3O/c1-7-5-9(11)8(6-13-7)10(15)14(2)4-3-12/h5-6H,4H2,1-2H3. The molecule has 0 spiro atoms. The van der Waals surface area contributed by atoms with E-state index >= 15 is 0 Å². The largest absolute Gasteiger partial charge is 0.328 e. The SMILES string of the molecule is Cc1cc(Cl)c(C(=O)N(C)CC#N)cn1. The molecule has 1 heterocycles. The molecule has 0 aliphatic carbocycles. The minimum Gasteiger partial charge on any atom is -0.328 e. The molecular formula is C10H10ClN3O. The highest BCUT2D eigenvalue weighted by atomic mass is 35.5. The number of hydrogen-bond donors (Lipinski definition) is 0. The number of nitrogens with zero attached hydrogens (tertiary/aromatic N) is 3. The van der Waals surface area contributed by atoms with Crippen LogP contribution in [0.15, 0.2) is 12.3 Å². The molecule has 0 aromatic carbocycles. The number of pyridine rings is 1. The van der Waals surface area contributed by atoms with Gasteiger partial charge in [0, 0.05) is 18.9 Å². The van der Waals surface area contributed by atoms with Crippen LogP contribution in [0.3, 0.4) is 0 Å². The number of halogens is 1. The van der Waals surface area contributed by atoms with Crippen LogP contribution in [-0.4, -0.2) is 29.4 Å². The average molecular weight is 224 g/mol. The fourth-order valence-corrected chi connectivity index (χ4v) is 1.35. The van der Waals surface area contributed by atoms with Gasteiger partial charge in [-0.3, -0.25) is 9.78 Å². The number of hydrogen-bond acceptors (Lipinski definition) is 3. The molecular weight excluding hydrogens is 214 g/mol. The second-order valence-corrected chi connectivity index (χ2v) is 3.53. The Bertz CT molecular complexity index is 425. The van der Waals surface area contributed by atoms with Crippen LogP contribution in [0.4, 0.5) is 0 Å². The summed E-state index contributed by atoms with van der Waals surface area (Å²) in [5.74, 6) is -0.297. The van der Waals surface area contributed by atoms with Crippen LogP contribution < -0.4 is 0 Å². The molecule has 4 nitrogen and oxygen atoms in total. The zero-order valence-corrected chi connectivity index (χ0v) is 9.25. The number of carbonyl (C=O) groups is 1. The first kappa shape index (κ1) is 11.5. The molecule has 0 unspecified atom stereocenters. The lowest BCUT2D eigenvalue weighted by Crippen LogP contribution is -2.27. The van der Waals surface area contributed by atoms with E-state index in [-0.39, 0.29) is 12.5 Å². The van der Waals surface area contributed by atoms with Crippen molar-refractivity contribution < 1.29 is 4.79 Å². The van der Waals surface area contributed by atoms with Gasteiger partial charge in [-0.05, 0) is 13.0 Å². The lowest BCUT2D eigenvalue weighted by molar-refractivity contribution is 0.0811. The Morgan fingerprint density at radius 2 is 2.40 bits per heavy atom. The van der Waals surface area contributed by atoms with Crippen molar-refractivity contribution >= 4 is 17.5 Å². The second kappa shape index (κ2) is 4.76. The van der Waals surface area contributed by atoms with Gasteiger partial charge in [-0.1, -0.05) is 11.6 Å². The number of nitriles is 1. The first-order chi connectivity index (χ1) is 7.06. The van der Waals surface area contributed by atoms with Crippen molar-refractivity contribution in [3.63, 3.8) is 0 Å². The minimum atomic E-state index is -0.297. The molecule has 5 heteroatoms. The van der Waals surface area contributed by atoms with Crippen LogP contribution in [0.25, 0.3) is 0 Å². The predicted molar refractivity (Wildman–Crippen MR) is 56.6 cm³/mol. The van der Waals surface area contributed by atoms with Gasteiger partial charge >= 0.3 is 0 Å². The molecule has 0 fully saturated rings. The van der Waals surface area contributed by atoms with Crippen LogP contribution in [0.5, 0.6) is 0 Å². The van der Waals surface area contributed by atoms with Crippen molar-refractivity contribution in [3.8, 4) is 6.07 Å². The second-order valence-electron chi connectivity index (χ2n) is 3.12. The normalized spacial score (nSPS) is 9.47. The van der Waals surface area contributed by atoms with E-state index in [2.05, 4.69) is 4.98 Å². The lowest BCUT2D eigenvalue weighted by Gasteiger charge is -2.13. The van der Waals surface area contributed by atoms with E-state index in [1.54, 1.807) is 20.0 Å². The third kappa shape index (κ3) is 2.67. The van der Waals surface area contributed by atoms with E-state index in [4.69, 9.17) is 16.9 Å². The molecule has 1 rings (SSSR count). The van der Waals surface area contributed by atoms with Gasteiger partial charge in [0.1, 0.15) is 6.54 Å². The molecule has 15 heavy (non-hydrogen) atoms. The first-order valence-corrected chi connectivity index (χ1v) is 4.68. The molecule has 1 aromatic rings. The molecule has 0 saturated heterocycles. The molecule has 0 saturated carbocycles. The number of aryl methyl sites for hydroxylation is 1. The summed E-state index contributed by atoms with van der Waals surface area (Å²) in [5.41, 5.74) is 1.07. The molecule has 1 aromatic heterocycles. The van der Waals surface area contributed by atoms with Crippen molar-refractivity contribution in [2.45, 2.75) is 6.92 Å². The average Bonchev–Trinajstić information content (AvgIpc) is 2.17. The van der Waals surface area contributed by atoms with Crippen molar-refractivity contribution in [1.82, 2.24) is 9.88 Å². The zero-order valence-electron chi connectivity index (χ0n) is 8.49. The van der Waals surface area contributed by atoms with Gasteiger partial charge in [-0.25, -0.2) is 0 Å². The van der Waals surface area contributed by atoms with Gasteiger partial charge in [-0.15, -0.1) is 0 Å². The molecule has 0 aliphatic heterocycles. The Morgan fingerprint density at radius 3 is 2.93 bits per heavy atom. The van der Waals surface area contributed by atoms with Crippen LogP contribution in [0, 0.1) is 18.3 Å². The Labute approximate surface area is 93.1 Å². The van der Waals surface area contributed by atoms with E-state index in [1.165, 1.54) is 11.1 Å². The van der Waals surface area contributed by atoms with E-state index < -0.39 is 0 Å². The smallest absolute Gasteiger partial charge is 0.257 e. The van der Waals surface area contributed by atoms with Gasteiger partial charge in [0.15, 0.2) is 0 Å². The van der Waals surface area contributed by atoms with Crippen molar-refractivity contribution in [3.05, 3.63) is 28.5 Å². The summed E-state index contributed by atoms with van der Waals surface area (Å²) in [6.07, 6.45) is 1.42. The monoisotopic (exact) mass is 223 g/mol. The minimum absolute atomic E-state index is 0.0308. The van der Waals surface area contributed by atoms with Gasteiger partial charge in [0.2, 0.25) is 0 Å². The Morgan fingerprint density at radius 1 is 1.73 bits per heavy atom. The van der Waals surface area contributed by atoms with Gasteiger partial charge in [-0.2, -0.15) is 5.26 Å².